The minimum atomic E-state index is -6.47. The molecular weight excluding hydrogens is 389 g/mol. The number of esters is 1. The van der Waals surface area contributed by atoms with Gasteiger partial charge in [0.1, 0.15) is 0 Å². The molecule has 0 amide bonds. The van der Waals surface area contributed by atoms with E-state index in [1.165, 1.54) is 12.1 Å². The van der Waals surface area contributed by atoms with Crippen LogP contribution in [0.25, 0.3) is 0 Å². The summed E-state index contributed by atoms with van der Waals surface area (Å²) in [4.78, 5) is 13.6. The molecule has 1 aromatic carbocycles. The SMILES string of the molecule is CCN(CC)c1ccc(C(=O)OC(C(F)(F)F)C(F)(F)S(=O)(=O)O)cc1. The minimum Gasteiger partial charge on any atom is -0.441 e. The highest BCUT2D eigenvalue weighted by Crippen LogP contribution is 2.38. The molecule has 0 fully saturated rings. The summed E-state index contributed by atoms with van der Waals surface area (Å²) in [5.74, 6) is -1.82. The van der Waals surface area contributed by atoms with Crippen molar-refractivity contribution in [3.63, 3.8) is 0 Å². The number of ether oxygens (including phenoxy) is 1. The third-order valence-corrected chi connectivity index (χ3v) is 4.30. The first-order valence-corrected chi connectivity index (χ1v) is 8.67. The van der Waals surface area contributed by atoms with Crippen molar-refractivity contribution < 1.29 is 44.5 Å². The molecule has 0 saturated heterocycles. The molecule has 1 aromatic rings. The molecule has 1 atom stereocenters. The van der Waals surface area contributed by atoms with Crippen LogP contribution in [0.5, 0.6) is 0 Å². The van der Waals surface area contributed by atoms with E-state index in [0.29, 0.717) is 18.8 Å². The number of halogens is 5. The Labute approximate surface area is 146 Å². The van der Waals surface area contributed by atoms with Gasteiger partial charge in [-0.3, -0.25) is 4.55 Å². The predicted octanol–water partition coefficient (Wildman–Crippen LogP) is 3.10. The van der Waals surface area contributed by atoms with Crippen molar-refractivity contribution in [3.8, 4) is 0 Å². The summed E-state index contributed by atoms with van der Waals surface area (Å²) in [6, 6.07) is 4.84. The largest absolute Gasteiger partial charge is 0.441 e. The molecule has 0 aliphatic carbocycles. The molecule has 1 rings (SSSR count). The fourth-order valence-electron chi connectivity index (χ4n) is 2.03. The van der Waals surface area contributed by atoms with Gasteiger partial charge in [-0.2, -0.15) is 30.4 Å². The molecule has 0 aliphatic rings. The molecule has 1 unspecified atom stereocenters. The van der Waals surface area contributed by atoms with E-state index in [2.05, 4.69) is 4.74 Å². The molecule has 0 aromatic heterocycles. The number of carbonyl (C=O) groups excluding carboxylic acids is 1. The van der Waals surface area contributed by atoms with Crippen molar-refractivity contribution in [2.24, 2.45) is 0 Å². The fraction of sp³-hybridized carbons (Fsp3) is 0.500. The van der Waals surface area contributed by atoms with E-state index < -0.39 is 39.2 Å². The molecule has 0 radical (unpaired) electrons. The highest BCUT2D eigenvalue weighted by atomic mass is 32.2. The van der Waals surface area contributed by atoms with Crippen LogP contribution in [-0.4, -0.2) is 49.6 Å². The zero-order valence-electron chi connectivity index (χ0n) is 13.6. The van der Waals surface area contributed by atoms with Gasteiger partial charge in [0.15, 0.2) is 0 Å². The predicted molar refractivity (Wildman–Crippen MR) is 81.8 cm³/mol. The van der Waals surface area contributed by atoms with Crippen LogP contribution in [-0.2, 0) is 14.9 Å². The number of benzene rings is 1. The van der Waals surface area contributed by atoms with E-state index in [-0.39, 0.29) is 0 Å². The summed E-state index contributed by atoms with van der Waals surface area (Å²) in [6.45, 7) is 4.90. The average Bonchev–Trinajstić information content (AvgIpc) is 2.51. The summed E-state index contributed by atoms with van der Waals surface area (Å²) in [5, 5.41) is -5.76. The standard InChI is InChI=1S/C14H16F5NO5S/c1-3-20(4-2)10-7-5-9(6-8-10)11(21)25-12(13(15,16)17)14(18,19)26(22,23)24/h5-8,12H,3-4H2,1-2H3,(H,22,23,24). The van der Waals surface area contributed by atoms with Crippen LogP contribution >= 0.6 is 0 Å². The molecule has 0 aliphatic heterocycles. The Balaban J connectivity index is 3.12. The highest BCUT2D eigenvalue weighted by Gasteiger charge is 2.66. The third kappa shape index (κ3) is 4.81. The topological polar surface area (TPSA) is 83.9 Å². The molecule has 12 heteroatoms. The van der Waals surface area contributed by atoms with Crippen LogP contribution < -0.4 is 4.90 Å². The molecular formula is C14H16F5NO5S. The molecule has 1 N–H and O–H groups in total. The van der Waals surface area contributed by atoms with Gasteiger partial charge in [-0.15, -0.1) is 0 Å². The van der Waals surface area contributed by atoms with Crippen LogP contribution in [0.2, 0.25) is 0 Å². The second-order valence-corrected chi connectivity index (χ2v) is 6.58. The molecule has 0 spiro atoms. The van der Waals surface area contributed by atoms with E-state index in [0.717, 1.165) is 12.1 Å². The Morgan fingerprint density at radius 2 is 1.58 bits per heavy atom. The molecule has 0 bridgehead atoms. The van der Waals surface area contributed by atoms with Crippen molar-refractivity contribution >= 4 is 21.8 Å². The van der Waals surface area contributed by atoms with E-state index in [1.54, 1.807) is 0 Å². The van der Waals surface area contributed by atoms with Gasteiger partial charge in [-0.05, 0) is 38.1 Å². The van der Waals surface area contributed by atoms with Crippen LogP contribution in [0.1, 0.15) is 24.2 Å². The summed E-state index contributed by atoms with van der Waals surface area (Å²) < 4.78 is 98.1. The quantitative estimate of drug-likeness (QED) is 0.426. The number of rotatable bonds is 7. The first kappa shape index (κ1) is 22.1. The second kappa shape index (κ2) is 7.74. The molecule has 0 heterocycles. The fourth-order valence-corrected chi connectivity index (χ4v) is 2.49. The lowest BCUT2D eigenvalue weighted by Gasteiger charge is -2.26. The maximum absolute atomic E-state index is 13.4. The van der Waals surface area contributed by atoms with Crippen molar-refractivity contribution in [1.82, 2.24) is 0 Å². The van der Waals surface area contributed by atoms with Gasteiger partial charge in [0, 0.05) is 18.8 Å². The van der Waals surface area contributed by atoms with Gasteiger partial charge in [0.2, 0.25) is 0 Å². The number of alkyl halides is 5. The van der Waals surface area contributed by atoms with Crippen LogP contribution in [0.3, 0.4) is 0 Å². The van der Waals surface area contributed by atoms with Gasteiger partial charge >= 0.3 is 27.5 Å². The Hall–Kier alpha value is -1.95. The summed E-state index contributed by atoms with van der Waals surface area (Å²) in [6.07, 6.45) is -10.3. The Morgan fingerprint density at radius 1 is 1.12 bits per heavy atom. The van der Waals surface area contributed by atoms with Crippen LogP contribution in [0, 0.1) is 0 Å². The van der Waals surface area contributed by atoms with Crippen molar-refractivity contribution in [1.29, 1.82) is 0 Å². The smallest absolute Gasteiger partial charge is 0.432 e. The van der Waals surface area contributed by atoms with Gasteiger partial charge < -0.3 is 9.64 Å². The van der Waals surface area contributed by atoms with E-state index >= 15 is 0 Å². The normalized spacial score (nSPS) is 14.0. The van der Waals surface area contributed by atoms with Crippen molar-refractivity contribution in [2.75, 3.05) is 18.0 Å². The van der Waals surface area contributed by atoms with Gasteiger partial charge in [0.25, 0.3) is 6.10 Å². The lowest BCUT2D eigenvalue weighted by Crippen LogP contribution is -2.52. The maximum atomic E-state index is 13.4. The third-order valence-electron chi connectivity index (χ3n) is 3.40. The summed E-state index contributed by atoms with van der Waals surface area (Å²) in [5.41, 5.74) is 0.128. The zero-order valence-corrected chi connectivity index (χ0v) is 14.4. The van der Waals surface area contributed by atoms with Crippen molar-refractivity contribution in [3.05, 3.63) is 29.8 Å². The number of hydrogen-bond donors (Lipinski definition) is 1. The Bertz CT molecular complexity index is 729. The molecule has 0 saturated carbocycles. The number of carbonyl (C=O) groups is 1. The number of anilines is 1. The average molecular weight is 405 g/mol. The number of nitrogens with zero attached hydrogens (tertiary/aromatic N) is 1. The van der Waals surface area contributed by atoms with Crippen molar-refractivity contribution in [2.45, 2.75) is 31.4 Å². The van der Waals surface area contributed by atoms with Gasteiger partial charge in [0.05, 0.1) is 5.56 Å². The first-order chi connectivity index (χ1) is 11.8. The zero-order chi connectivity index (χ0) is 20.3. The molecule has 26 heavy (non-hydrogen) atoms. The van der Waals surface area contributed by atoms with Gasteiger partial charge in [-0.1, -0.05) is 0 Å². The molecule has 148 valence electrons. The maximum Gasteiger partial charge on any atom is 0.432 e. The lowest BCUT2D eigenvalue weighted by molar-refractivity contribution is -0.248. The number of hydrogen-bond acceptors (Lipinski definition) is 5. The van der Waals surface area contributed by atoms with E-state index in [1.807, 2.05) is 18.7 Å². The Kier molecular flexibility index (Phi) is 6.58. The first-order valence-electron chi connectivity index (χ1n) is 7.23. The van der Waals surface area contributed by atoms with Crippen LogP contribution in [0.4, 0.5) is 27.6 Å². The van der Waals surface area contributed by atoms with Gasteiger partial charge in [-0.25, -0.2) is 4.79 Å². The summed E-state index contributed by atoms with van der Waals surface area (Å²) in [7, 11) is -6.47. The minimum absolute atomic E-state index is 0.499. The monoisotopic (exact) mass is 405 g/mol. The highest BCUT2D eigenvalue weighted by molar-refractivity contribution is 7.86. The second-order valence-electron chi connectivity index (χ2n) is 5.08. The van der Waals surface area contributed by atoms with E-state index in [9.17, 15) is 35.2 Å². The summed E-state index contributed by atoms with van der Waals surface area (Å²) >= 11 is 0. The van der Waals surface area contributed by atoms with E-state index in [4.69, 9.17) is 4.55 Å². The lowest BCUT2D eigenvalue weighted by atomic mass is 10.2. The Morgan fingerprint density at radius 3 is 1.92 bits per heavy atom. The molecule has 6 nitrogen and oxygen atoms in total. The van der Waals surface area contributed by atoms with Crippen LogP contribution in [0.15, 0.2) is 24.3 Å².